The number of rotatable bonds is 10. The first-order valence-corrected chi connectivity index (χ1v) is 15.5. The fourth-order valence-corrected chi connectivity index (χ4v) is 6.23. The first kappa shape index (κ1) is 30.7. The van der Waals surface area contributed by atoms with Gasteiger partial charge in [-0.05, 0) is 64.3 Å². The van der Waals surface area contributed by atoms with Crippen molar-refractivity contribution in [1.82, 2.24) is 28.6 Å². The quantitative estimate of drug-likeness (QED) is 0.235. The molecule has 44 heavy (non-hydrogen) atoms. The molecule has 2 N–H and O–H groups in total. The Bertz CT molecular complexity index is 1940. The summed E-state index contributed by atoms with van der Waals surface area (Å²) in [5.41, 5.74) is 5.32. The van der Waals surface area contributed by atoms with Crippen molar-refractivity contribution < 1.29 is 13.2 Å². The number of amides is 1. The zero-order valence-corrected chi connectivity index (χ0v) is 26.8. The molecule has 3 heterocycles. The Kier molecular flexibility index (Phi) is 8.44. The van der Waals surface area contributed by atoms with E-state index in [1.54, 1.807) is 35.0 Å². The van der Waals surface area contributed by atoms with Crippen molar-refractivity contribution in [3.8, 4) is 11.3 Å². The second-order valence-corrected chi connectivity index (χ2v) is 12.9. The molecule has 3 aromatic heterocycles. The van der Waals surface area contributed by atoms with Crippen LogP contribution in [0.3, 0.4) is 0 Å². The van der Waals surface area contributed by atoms with Crippen LogP contribution in [-0.2, 0) is 21.9 Å². The first-order chi connectivity index (χ1) is 20.8. The number of nitrogens with one attached hydrogen (secondary N) is 2. The van der Waals surface area contributed by atoms with Gasteiger partial charge < -0.3 is 20.4 Å². The Morgan fingerprint density at radius 2 is 1.70 bits per heavy atom. The van der Waals surface area contributed by atoms with Crippen LogP contribution in [-0.4, -0.2) is 77.2 Å². The van der Waals surface area contributed by atoms with Crippen LogP contribution in [0, 0.1) is 13.8 Å². The van der Waals surface area contributed by atoms with Crippen LogP contribution in [0.5, 0.6) is 0 Å². The van der Waals surface area contributed by atoms with Crippen molar-refractivity contribution in [2.75, 3.05) is 49.8 Å². The molecule has 0 radical (unpaired) electrons. The van der Waals surface area contributed by atoms with Crippen molar-refractivity contribution in [1.29, 1.82) is 0 Å². The topological polar surface area (TPSA) is 130 Å². The normalized spacial score (nSPS) is 11.7. The van der Waals surface area contributed by atoms with Crippen molar-refractivity contribution in [2.24, 2.45) is 7.05 Å². The number of carbonyl (C=O) groups is 1. The number of carbonyl (C=O) groups excluding carboxylic acids is 1. The van der Waals surface area contributed by atoms with Crippen LogP contribution in [0.15, 0.2) is 65.8 Å². The van der Waals surface area contributed by atoms with Crippen LogP contribution in [0.1, 0.15) is 18.2 Å². The van der Waals surface area contributed by atoms with Crippen molar-refractivity contribution in [3.63, 3.8) is 0 Å². The minimum absolute atomic E-state index is 0.154. The molecule has 13 heteroatoms. The molecule has 0 aliphatic rings. The van der Waals surface area contributed by atoms with Crippen molar-refractivity contribution >= 4 is 50.0 Å². The Morgan fingerprint density at radius 1 is 0.977 bits per heavy atom. The van der Waals surface area contributed by atoms with Crippen LogP contribution < -0.4 is 15.5 Å². The largest absolute Gasteiger partial charge is 0.372 e. The van der Waals surface area contributed by atoms with Crippen molar-refractivity contribution in [3.05, 3.63) is 72.2 Å². The molecule has 0 spiro atoms. The Labute approximate surface area is 257 Å². The molecule has 0 unspecified atom stereocenters. The lowest BCUT2D eigenvalue weighted by atomic mass is 10.1. The molecule has 5 rings (SSSR count). The van der Waals surface area contributed by atoms with E-state index in [0.717, 1.165) is 35.6 Å². The smallest absolute Gasteiger partial charge is 0.269 e. The molecular weight excluding hydrogens is 578 g/mol. The second kappa shape index (κ2) is 12.1. The summed E-state index contributed by atoms with van der Waals surface area (Å²) < 4.78 is 30.4. The number of anilines is 4. The molecule has 0 saturated carbocycles. The zero-order chi connectivity index (χ0) is 31.8. The van der Waals surface area contributed by atoms with Gasteiger partial charge in [-0.1, -0.05) is 17.7 Å². The van der Waals surface area contributed by atoms with Crippen LogP contribution in [0.25, 0.3) is 22.3 Å². The monoisotopic (exact) mass is 615 g/mol. The summed E-state index contributed by atoms with van der Waals surface area (Å²) in [7, 11) is 3.85. The summed E-state index contributed by atoms with van der Waals surface area (Å²) >= 11 is 0. The minimum Gasteiger partial charge on any atom is -0.372 e. The molecule has 0 fully saturated rings. The molecule has 1 amide bonds. The lowest BCUT2D eigenvalue weighted by Crippen LogP contribution is -2.29. The number of hydrogen-bond acceptors (Lipinski definition) is 9. The molecule has 0 aliphatic heterocycles. The second-order valence-electron chi connectivity index (χ2n) is 11.1. The number of fused-ring (bicyclic) bond motifs is 1. The molecule has 230 valence electrons. The lowest BCUT2D eigenvalue weighted by Gasteiger charge is -2.24. The molecule has 0 atom stereocenters. The lowest BCUT2D eigenvalue weighted by molar-refractivity contribution is -0.114. The van der Waals surface area contributed by atoms with E-state index < -0.39 is 10.0 Å². The van der Waals surface area contributed by atoms with Gasteiger partial charge in [0.15, 0.2) is 5.65 Å². The third kappa shape index (κ3) is 6.29. The summed E-state index contributed by atoms with van der Waals surface area (Å²) in [5.74, 6) is -0.00662. The van der Waals surface area contributed by atoms with E-state index in [2.05, 4.69) is 25.5 Å². The third-order valence-electron chi connectivity index (χ3n) is 7.21. The number of nitrogens with zero attached hydrogens (tertiary/aromatic N) is 7. The van der Waals surface area contributed by atoms with Gasteiger partial charge >= 0.3 is 0 Å². The standard InChI is InChI=1S/C31H37N9O3S/c1-20-8-11-24(12-9-20)44(42,43)40-15-14-25-29(26-19-39(7)36-21(26)2)34-31(35-30(25)40)33-23-10-13-28(27(18-23)32-22(3)41)38(6)17-16-37(4)5/h8-15,18-19H,16-17H2,1-7H3,(H,32,41)(H,33,34,35). The fourth-order valence-electron chi connectivity index (χ4n) is 4.94. The number of aryl methyl sites for hydroxylation is 3. The van der Waals surface area contributed by atoms with Gasteiger partial charge in [0, 0.05) is 63.1 Å². The molecule has 0 aliphatic carbocycles. The van der Waals surface area contributed by atoms with Gasteiger partial charge in [0.05, 0.1) is 27.7 Å². The van der Waals surface area contributed by atoms with Gasteiger partial charge in [-0.2, -0.15) is 10.1 Å². The van der Waals surface area contributed by atoms with Gasteiger partial charge in [-0.15, -0.1) is 0 Å². The predicted octanol–water partition coefficient (Wildman–Crippen LogP) is 4.39. The highest BCUT2D eigenvalue weighted by Gasteiger charge is 2.24. The molecule has 0 bridgehead atoms. The van der Waals surface area contributed by atoms with E-state index in [0.29, 0.717) is 22.5 Å². The minimum atomic E-state index is -3.96. The maximum absolute atomic E-state index is 13.8. The van der Waals surface area contributed by atoms with Crippen LogP contribution >= 0.6 is 0 Å². The van der Waals surface area contributed by atoms with Crippen LogP contribution in [0.4, 0.5) is 23.0 Å². The summed E-state index contributed by atoms with van der Waals surface area (Å²) in [6.07, 6.45) is 3.35. The predicted molar refractivity (Wildman–Crippen MR) is 174 cm³/mol. The Hall–Kier alpha value is -4.75. The summed E-state index contributed by atoms with van der Waals surface area (Å²) in [4.78, 5) is 25.9. The maximum atomic E-state index is 13.8. The molecule has 0 saturated heterocycles. The third-order valence-corrected chi connectivity index (χ3v) is 8.89. The average molecular weight is 616 g/mol. The summed E-state index contributed by atoms with van der Waals surface area (Å²) in [6, 6.07) is 14.0. The summed E-state index contributed by atoms with van der Waals surface area (Å²) in [6.45, 7) is 6.84. The first-order valence-electron chi connectivity index (χ1n) is 14.1. The van der Waals surface area contributed by atoms with E-state index in [4.69, 9.17) is 9.97 Å². The van der Waals surface area contributed by atoms with Gasteiger partial charge in [0.2, 0.25) is 11.9 Å². The molecule has 2 aromatic carbocycles. The fraction of sp³-hybridized carbons (Fsp3) is 0.290. The molecular formula is C31H37N9O3S. The van der Waals surface area contributed by atoms with Gasteiger partial charge in [-0.25, -0.2) is 17.4 Å². The van der Waals surface area contributed by atoms with E-state index in [-0.39, 0.29) is 22.4 Å². The Morgan fingerprint density at radius 3 is 2.34 bits per heavy atom. The SMILES string of the molecule is CC(=O)Nc1cc(Nc2nc(-c3cn(C)nc3C)c3ccn(S(=O)(=O)c4ccc(C)cc4)c3n2)ccc1N(C)CCN(C)C. The van der Waals surface area contributed by atoms with E-state index >= 15 is 0 Å². The zero-order valence-electron chi connectivity index (χ0n) is 26.0. The van der Waals surface area contributed by atoms with E-state index in [1.807, 2.05) is 66.4 Å². The maximum Gasteiger partial charge on any atom is 0.269 e. The summed E-state index contributed by atoms with van der Waals surface area (Å²) in [5, 5.41) is 11.2. The van der Waals surface area contributed by atoms with Gasteiger partial charge in [-0.3, -0.25) is 9.48 Å². The highest BCUT2D eigenvalue weighted by Crippen LogP contribution is 2.34. The highest BCUT2D eigenvalue weighted by atomic mass is 32.2. The number of likely N-dealkylation sites (N-methyl/N-ethyl adjacent to an activating group) is 2. The average Bonchev–Trinajstić information content (AvgIpc) is 3.54. The number of hydrogen-bond donors (Lipinski definition) is 2. The number of benzene rings is 2. The van der Waals surface area contributed by atoms with E-state index in [1.165, 1.54) is 17.1 Å². The van der Waals surface area contributed by atoms with Crippen molar-refractivity contribution in [2.45, 2.75) is 25.7 Å². The number of aromatic nitrogens is 5. The van der Waals surface area contributed by atoms with Crippen LogP contribution in [0.2, 0.25) is 0 Å². The highest BCUT2D eigenvalue weighted by molar-refractivity contribution is 7.90. The van der Waals surface area contributed by atoms with Gasteiger partial charge in [0.1, 0.15) is 0 Å². The van der Waals surface area contributed by atoms with Gasteiger partial charge in [0.25, 0.3) is 10.0 Å². The molecule has 12 nitrogen and oxygen atoms in total. The van der Waals surface area contributed by atoms with E-state index in [9.17, 15) is 13.2 Å². The Balaban J connectivity index is 1.62. The molecule has 5 aromatic rings.